The number of nitrogens with zero attached hydrogens (tertiary/aromatic N) is 1. The van der Waals surface area contributed by atoms with Crippen LogP contribution < -0.4 is 5.73 Å². The third-order valence-corrected chi connectivity index (χ3v) is 3.06. The molecular weight excluding hydrogens is 248 g/mol. The average molecular weight is 272 g/mol. The summed E-state index contributed by atoms with van der Waals surface area (Å²) >= 11 is 0. The van der Waals surface area contributed by atoms with Gasteiger partial charge in [0.05, 0.1) is 0 Å². The third-order valence-electron chi connectivity index (χ3n) is 3.06. The predicted molar refractivity (Wildman–Crippen MR) is 72.9 cm³/mol. The van der Waals surface area contributed by atoms with E-state index in [1.165, 1.54) is 32.1 Å². The number of hydrogen-bond acceptors (Lipinski definition) is 4. The van der Waals surface area contributed by atoms with Gasteiger partial charge in [-0.15, -0.1) is 0 Å². The van der Waals surface area contributed by atoms with Crippen molar-refractivity contribution >= 4 is 11.9 Å². The molecule has 0 unspecified atom stereocenters. The molecule has 0 spiro atoms. The normalized spacial score (nSPS) is 23.6. The number of nitrogens with two attached hydrogens (primary N) is 1. The van der Waals surface area contributed by atoms with Gasteiger partial charge in [-0.3, -0.25) is 0 Å². The van der Waals surface area contributed by atoms with Crippen LogP contribution in [-0.4, -0.2) is 53.2 Å². The highest BCUT2D eigenvalue weighted by molar-refractivity contribution is 5.89. The predicted octanol–water partition coefficient (Wildman–Crippen LogP) is 0.920. The van der Waals surface area contributed by atoms with Crippen molar-refractivity contribution in [2.45, 2.75) is 44.2 Å². The van der Waals surface area contributed by atoms with Crippen molar-refractivity contribution in [3.8, 4) is 0 Å². The Morgan fingerprint density at radius 2 is 1.53 bits per heavy atom. The fraction of sp³-hybridized carbons (Fsp3) is 0.692. The molecule has 2 atom stereocenters. The summed E-state index contributed by atoms with van der Waals surface area (Å²) in [6, 6.07) is 1.03. The van der Waals surface area contributed by atoms with E-state index < -0.39 is 11.9 Å². The molecule has 1 aliphatic carbocycles. The third kappa shape index (κ3) is 9.21. The summed E-state index contributed by atoms with van der Waals surface area (Å²) in [6.07, 6.45) is 7.67. The van der Waals surface area contributed by atoms with Crippen molar-refractivity contribution in [3.05, 3.63) is 12.2 Å². The van der Waals surface area contributed by atoms with Gasteiger partial charge in [0, 0.05) is 24.2 Å². The van der Waals surface area contributed by atoms with Crippen LogP contribution in [0.1, 0.15) is 32.1 Å². The van der Waals surface area contributed by atoms with Crippen molar-refractivity contribution in [1.29, 1.82) is 0 Å². The van der Waals surface area contributed by atoms with Gasteiger partial charge in [-0.05, 0) is 26.9 Å². The zero-order valence-corrected chi connectivity index (χ0v) is 11.6. The smallest absolute Gasteiger partial charge is 0.328 e. The van der Waals surface area contributed by atoms with Crippen LogP contribution in [0.3, 0.4) is 0 Å². The lowest BCUT2D eigenvalue weighted by molar-refractivity contribution is -0.134. The second-order valence-corrected chi connectivity index (χ2v) is 4.84. The van der Waals surface area contributed by atoms with Gasteiger partial charge in [0.1, 0.15) is 0 Å². The molecule has 110 valence electrons. The molecule has 6 nitrogen and oxygen atoms in total. The quantitative estimate of drug-likeness (QED) is 0.521. The van der Waals surface area contributed by atoms with E-state index in [-0.39, 0.29) is 0 Å². The van der Waals surface area contributed by atoms with Gasteiger partial charge < -0.3 is 20.8 Å². The molecule has 0 aromatic carbocycles. The standard InChI is InChI=1S/C9H20N2.C4H4O4/c1-11(2)9-7-5-3-4-6-8(9)10;5-3(6)1-2-4(7)8/h8-9H,3-7,10H2,1-2H3;1-2H,(H,5,6)(H,7,8)/b;2-1-/t8-,9-;/m0./s1. The summed E-state index contributed by atoms with van der Waals surface area (Å²) in [5.41, 5.74) is 6.04. The number of carboxylic acid groups (broad SMARTS) is 2. The Morgan fingerprint density at radius 3 is 1.95 bits per heavy atom. The summed E-state index contributed by atoms with van der Waals surface area (Å²) < 4.78 is 0. The van der Waals surface area contributed by atoms with E-state index in [1.807, 2.05) is 0 Å². The van der Waals surface area contributed by atoms with E-state index in [0.29, 0.717) is 24.2 Å². The fourth-order valence-corrected chi connectivity index (χ4v) is 2.10. The summed E-state index contributed by atoms with van der Waals surface area (Å²) in [7, 11) is 4.27. The molecule has 0 aromatic rings. The van der Waals surface area contributed by atoms with Gasteiger partial charge in [0.15, 0.2) is 0 Å². The summed E-state index contributed by atoms with van der Waals surface area (Å²) in [5.74, 6) is -2.51. The van der Waals surface area contributed by atoms with Crippen molar-refractivity contribution in [2.24, 2.45) is 5.73 Å². The molecule has 0 aliphatic heterocycles. The highest BCUT2D eigenvalue weighted by atomic mass is 16.4. The Balaban J connectivity index is 0.000000362. The second kappa shape index (κ2) is 9.52. The first kappa shape index (κ1) is 17.6. The Labute approximate surface area is 113 Å². The number of likely N-dealkylation sites (N-methyl/N-ethyl adjacent to an activating group) is 1. The molecule has 19 heavy (non-hydrogen) atoms. The number of carboxylic acids is 2. The van der Waals surface area contributed by atoms with E-state index in [0.717, 1.165) is 0 Å². The van der Waals surface area contributed by atoms with Crippen LogP contribution in [0.25, 0.3) is 0 Å². The first-order chi connectivity index (χ1) is 8.84. The van der Waals surface area contributed by atoms with Gasteiger partial charge in [-0.1, -0.05) is 19.3 Å². The first-order valence-corrected chi connectivity index (χ1v) is 6.40. The molecule has 0 aromatic heterocycles. The maximum atomic E-state index is 9.55. The Kier molecular flexibility index (Phi) is 8.82. The van der Waals surface area contributed by atoms with Crippen molar-refractivity contribution < 1.29 is 19.8 Å². The number of aliphatic carboxylic acids is 2. The fourth-order valence-electron chi connectivity index (χ4n) is 2.10. The lowest BCUT2D eigenvalue weighted by atomic mass is 10.0. The van der Waals surface area contributed by atoms with Crippen molar-refractivity contribution in [2.75, 3.05) is 14.1 Å². The van der Waals surface area contributed by atoms with Crippen LogP contribution in [0.4, 0.5) is 0 Å². The molecule has 4 N–H and O–H groups in total. The van der Waals surface area contributed by atoms with Gasteiger partial charge in [-0.2, -0.15) is 0 Å². The topological polar surface area (TPSA) is 104 Å². The van der Waals surface area contributed by atoms with Crippen LogP contribution in [0.2, 0.25) is 0 Å². The Morgan fingerprint density at radius 1 is 1.05 bits per heavy atom. The Bertz CT molecular complexity index is 300. The largest absolute Gasteiger partial charge is 0.478 e. The first-order valence-electron chi connectivity index (χ1n) is 6.40. The molecule has 1 aliphatic rings. The van der Waals surface area contributed by atoms with Crippen molar-refractivity contribution in [1.82, 2.24) is 4.90 Å². The van der Waals surface area contributed by atoms with Crippen LogP contribution in [0.15, 0.2) is 12.2 Å². The van der Waals surface area contributed by atoms with Crippen LogP contribution in [-0.2, 0) is 9.59 Å². The highest BCUT2D eigenvalue weighted by Gasteiger charge is 2.21. The maximum absolute atomic E-state index is 9.55. The maximum Gasteiger partial charge on any atom is 0.328 e. The molecule has 0 saturated heterocycles. The molecule has 0 heterocycles. The molecule has 0 radical (unpaired) electrons. The minimum absolute atomic E-state index is 0.410. The molecule has 1 fully saturated rings. The highest BCUT2D eigenvalue weighted by Crippen LogP contribution is 2.19. The zero-order chi connectivity index (χ0) is 14.8. The zero-order valence-electron chi connectivity index (χ0n) is 11.6. The van der Waals surface area contributed by atoms with E-state index in [4.69, 9.17) is 15.9 Å². The monoisotopic (exact) mass is 272 g/mol. The number of rotatable bonds is 3. The molecule has 1 rings (SSSR count). The van der Waals surface area contributed by atoms with Gasteiger partial charge >= 0.3 is 11.9 Å². The second-order valence-electron chi connectivity index (χ2n) is 4.84. The SMILES string of the molecule is CN(C)[C@H]1CCCCC[C@@H]1N.O=C(O)/C=C\C(=O)O. The van der Waals surface area contributed by atoms with E-state index in [1.54, 1.807) is 0 Å². The summed E-state index contributed by atoms with van der Waals surface area (Å²) in [6.45, 7) is 0. The number of carbonyl (C=O) groups is 2. The average Bonchev–Trinajstić information content (AvgIpc) is 2.52. The summed E-state index contributed by atoms with van der Waals surface area (Å²) in [5, 5.41) is 15.6. The van der Waals surface area contributed by atoms with Gasteiger partial charge in [0.2, 0.25) is 0 Å². The van der Waals surface area contributed by atoms with E-state index >= 15 is 0 Å². The van der Waals surface area contributed by atoms with Crippen LogP contribution in [0.5, 0.6) is 0 Å². The Hall–Kier alpha value is -1.40. The molecular formula is C13H24N2O4. The lowest BCUT2D eigenvalue weighted by Crippen LogP contribution is -2.43. The molecule has 6 heteroatoms. The van der Waals surface area contributed by atoms with Crippen LogP contribution in [0, 0.1) is 0 Å². The summed E-state index contributed by atoms with van der Waals surface area (Å²) in [4.78, 5) is 21.4. The molecule has 0 bridgehead atoms. The van der Waals surface area contributed by atoms with E-state index in [2.05, 4.69) is 19.0 Å². The van der Waals surface area contributed by atoms with Crippen LogP contribution >= 0.6 is 0 Å². The number of hydrogen-bond donors (Lipinski definition) is 3. The molecule has 1 saturated carbocycles. The lowest BCUT2D eigenvalue weighted by Gasteiger charge is -2.27. The minimum atomic E-state index is -1.26. The minimum Gasteiger partial charge on any atom is -0.478 e. The van der Waals surface area contributed by atoms with Gasteiger partial charge in [0.25, 0.3) is 0 Å². The molecule has 0 amide bonds. The van der Waals surface area contributed by atoms with E-state index in [9.17, 15) is 9.59 Å². The van der Waals surface area contributed by atoms with Crippen molar-refractivity contribution in [3.63, 3.8) is 0 Å². The van der Waals surface area contributed by atoms with Gasteiger partial charge in [-0.25, -0.2) is 9.59 Å².